The highest BCUT2D eigenvalue weighted by Gasteiger charge is 2.34. The lowest BCUT2D eigenvalue weighted by Crippen LogP contribution is -2.27. The van der Waals surface area contributed by atoms with Crippen molar-refractivity contribution in [3.8, 4) is 5.75 Å². The van der Waals surface area contributed by atoms with E-state index in [-0.39, 0.29) is 30.2 Å². The number of nitrogens with one attached hydrogen (secondary N) is 2. The number of ether oxygens (including phenoxy) is 1. The maximum absolute atomic E-state index is 13.2. The minimum absolute atomic E-state index is 0.0107. The lowest BCUT2D eigenvalue weighted by Gasteiger charge is -2.23. The van der Waals surface area contributed by atoms with Crippen molar-refractivity contribution in [2.75, 3.05) is 13.6 Å². The van der Waals surface area contributed by atoms with Gasteiger partial charge in [-0.15, -0.1) is 0 Å². The van der Waals surface area contributed by atoms with E-state index in [1.807, 2.05) is 0 Å². The Morgan fingerprint density at radius 3 is 2.39 bits per heavy atom. The van der Waals surface area contributed by atoms with Gasteiger partial charge in [0.2, 0.25) is 5.91 Å². The number of carbonyl (C=O) groups excluding carboxylic acids is 1. The zero-order chi connectivity index (χ0) is 17.7. The van der Waals surface area contributed by atoms with Crippen LogP contribution in [-0.2, 0) is 17.5 Å². The van der Waals surface area contributed by atoms with Crippen molar-refractivity contribution in [1.29, 1.82) is 0 Å². The monoisotopic (exact) mass is 332 g/mol. The predicted molar refractivity (Wildman–Crippen MR) is 82.2 cm³/mol. The van der Waals surface area contributed by atoms with Gasteiger partial charge >= 0.3 is 6.18 Å². The zero-order valence-corrected chi connectivity index (χ0v) is 13.8. The summed E-state index contributed by atoms with van der Waals surface area (Å²) in [6.07, 6.45) is -4.30. The molecule has 0 aromatic heterocycles. The Kier molecular flexibility index (Phi) is 6.44. The average Bonchev–Trinajstić information content (AvgIpc) is 2.40. The van der Waals surface area contributed by atoms with E-state index in [1.165, 1.54) is 12.1 Å². The molecular weight excluding hydrogens is 309 g/mol. The van der Waals surface area contributed by atoms with Gasteiger partial charge in [-0.1, -0.05) is 6.07 Å². The van der Waals surface area contributed by atoms with Crippen LogP contribution in [-0.4, -0.2) is 25.1 Å². The zero-order valence-electron chi connectivity index (χ0n) is 13.8. The fraction of sp³-hybridized carbons (Fsp3) is 0.562. The van der Waals surface area contributed by atoms with E-state index >= 15 is 0 Å². The molecule has 1 rings (SSSR count). The molecule has 0 spiro atoms. The molecule has 23 heavy (non-hydrogen) atoms. The molecule has 7 heteroatoms. The van der Waals surface area contributed by atoms with Crippen molar-refractivity contribution in [3.05, 3.63) is 29.3 Å². The Morgan fingerprint density at radius 1 is 1.22 bits per heavy atom. The van der Waals surface area contributed by atoms with E-state index < -0.39 is 17.3 Å². The van der Waals surface area contributed by atoms with Crippen molar-refractivity contribution < 1.29 is 22.7 Å². The van der Waals surface area contributed by atoms with Gasteiger partial charge in [0.25, 0.3) is 0 Å². The number of benzene rings is 1. The van der Waals surface area contributed by atoms with Crippen LogP contribution in [0.15, 0.2) is 18.2 Å². The molecule has 1 aromatic rings. The van der Waals surface area contributed by atoms with Crippen molar-refractivity contribution in [2.45, 2.75) is 45.5 Å². The Bertz CT molecular complexity index is 537. The predicted octanol–water partition coefficient (Wildman–Crippen LogP) is 3.11. The molecule has 1 amide bonds. The van der Waals surface area contributed by atoms with Crippen LogP contribution in [0.1, 0.15) is 38.3 Å². The van der Waals surface area contributed by atoms with Crippen LogP contribution in [0, 0.1) is 0 Å². The SMILES string of the molecule is CNCCC(=O)NCc1ccc(OC(C)(C)C)cc1C(F)(F)F. The van der Waals surface area contributed by atoms with Crippen LogP contribution in [0.2, 0.25) is 0 Å². The Morgan fingerprint density at radius 2 is 1.87 bits per heavy atom. The Hall–Kier alpha value is -1.76. The molecule has 130 valence electrons. The van der Waals surface area contributed by atoms with Gasteiger partial charge in [0, 0.05) is 19.5 Å². The second kappa shape index (κ2) is 7.68. The first-order chi connectivity index (χ1) is 10.5. The van der Waals surface area contributed by atoms with Gasteiger partial charge in [-0.25, -0.2) is 0 Å². The maximum atomic E-state index is 13.2. The van der Waals surface area contributed by atoms with Crippen LogP contribution in [0.25, 0.3) is 0 Å². The molecule has 0 unspecified atom stereocenters. The van der Waals surface area contributed by atoms with E-state index in [2.05, 4.69) is 10.6 Å². The summed E-state index contributed by atoms with van der Waals surface area (Å²) < 4.78 is 45.1. The van der Waals surface area contributed by atoms with Crippen LogP contribution >= 0.6 is 0 Å². The maximum Gasteiger partial charge on any atom is 0.416 e. The number of carbonyl (C=O) groups is 1. The third-order valence-corrected chi connectivity index (χ3v) is 2.89. The molecule has 0 bridgehead atoms. The number of amides is 1. The lowest BCUT2D eigenvalue weighted by molar-refractivity contribution is -0.138. The summed E-state index contributed by atoms with van der Waals surface area (Å²) in [6.45, 7) is 5.58. The van der Waals surface area contributed by atoms with E-state index in [9.17, 15) is 18.0 Å². The molecule has 0 aliphatic rings. The van der Waals surface area contributed by atoms with Gasteiger partial charge in [0.1, 0.15) is 11.4 Å². The quantitative estimate of drug-likeness (QED) is 0.842. The first-order valence-electron chi connectivity index (χ1n) is 7.33. The highest BCUT2D eigenvalue weighted by atomic mass is 19.4. The second-order valence-electron chi connectivity index (χ2n) is 6.16. The van der Waals surface area contributed by atoms with Crippen molar-refractivity contribution in [2.24, 2.45) is 0 Å². The molecule has 2 N–H and O–H groups in total. The summed E-state index contributed by atoms with van der Waals surface area (Å²) in [5.74, 6) is -0.155. The summed E-state index contributed by atoms with van der Waals surface area (Å²) in [5.41, 5.74) is -1.38. The highest BCUT2D eigenvalue weighted by molar-refractivity contribution is 5.76. The summed E-state index contributed by atoms with van der Waals surface area (Å²) in [7, 11) is 1.70. The third-order valence-electron chi connectivity index (χ3n) is 2.89. The number of halogens is 3. The largest absolute Gasteiger partial charge is 0.488 e. The second-order valence-corrected chi connectivity index (χ2v) is 6.16. The summed E-state index contributed by atoms with van der Waals surface area (Å²) in [6, 6.07) is 3.79. The molecule has 0 aliphatic heterocycles. The lowest BCUT2D eigenvalue weighted by atomic mass is 10.1. The fourth-order valence-electron chi connectivity index (χ4n) is 1.91. The van der Waals surface area contributed by atoms with Gasteiger partial charge < -0.3 is 15.4 Å². The molecular formula is C16H23F3N2O2. The average molecular weight is 332 g/mol. The minimum Gasteiger partial charge on any atom is -0.488 e. The molecule has 0 saturated heterocycles. The van der Waals surface area contributed by atoms with Gasteiger partial charge in [-0.05, 0) is 45.5 Å². The number of hydrogen-bond acceptors (Lipinski definition) is 3. The van der Waals surface area contributed by atoms with Crippen LogP contribution < -0.4 is 15.4 Å². The molecule has 0 heterocycles. The summed E-state index contributed by atoms with van der Waals surface area (Å²) in [4.78, 5) is 11.5. The molecule has 1 aromatic carbocycles. The van der Waals surface area contributed by atoms with Crippen LogP contribution in [0.3, 0.4) is 0 Å². The van der Waals surface area contributed by atoms with E-state index in [1.54, 1.807) is 27.8 Å². The Labute approximate surface area is 134 Å². The first-order valence-corrected chi connectivity index (χ1v) is 7.33. The molecule has 0 aliphatic carbocycles. The summed E-state index contributed by atoms with van der Waals surface area (Å²) in [5, 5.41) is 5.30. The van der Waals surface area contributed by atoms with Gasteiger partial charge in [0.15, 0.2) is 0 Å². The molecule has 0 saturated carbocycles. The number of hydrogen-bond donors (Lipinski definition) is 2. The van der Waals surface area contributed by atoms with Crippen molar-refractivity contribution >= 4 is 5.91 Å². The molecule has 0 radical (unpaired) electrons. The van der Waals surface area contributed by atoms with Gasteiger partial charge in [-0.3, -0.25) is 4.79 Å². The van der Waals surface area contributed by atoms with E-state index in [0.29, 0.717) is 6.54 Å². The molecule has 0 atom stereocenters. The fourth-order valence-corrected chi connectivity index (χ4v) is 1.91. The summed E-state index contributed by atoms with van der Waals surface area (Å²) >= 11 is 0. The van der Waals surface area contributed by atoms with Crippen molar-refractivity contribution in [1.82, 2.24) is 10.6 Å². The van der Waals surface area contributed by atoms with Crippen LogP contribution in [0.5, 0.6) is 5.75 Å². The highest BCUT2D eigenvalue weighted by Crippen LogP contribution is 2.35. The molecule has 4 nitrogen and oxygen atoms in total. The third kappa shape index (κ3) is 6.90. The standard InChI is InChI=1S/C16H23F3N2O2/c1-15(2,3)23-12-6-5-11(13(9-12)16(17,18)19)10-21-14(22)7-8-20-4/h5-6,9,20H,7-8,10H2,1-4H3,(H,21,22). The molecule has 0 fully saturated rings. The number of alkyl halides is 3. The van der Waals surface area contributed by atoms with E-state index in [4.69, 9.17) is 4.74 Å². The topological polar surface area (TPSA) is 50.4 Å². The van der Waals surface area contributed by atoms with E-state index in [0.717, 1.165) is 6.07 Å². The smallest absolute Gasteiger partial charge is 0.416 e. The van der Waals surface area contributed by atoms with Gasteiger partial charge in [-0.2, -0.15) is 13.2 Å². The van der Waals surface area contributed by atoms with Crippen LogP contribution in [0.4, 0.5) is 13.2 Å². The number of rotatable bonds is 6. The normalized spacial score (nSPS) is 12.1. The van der Waals surface area contributed by atoms with Crippen molar-refractivity contribution in [3.63, 3.8) is 0 Å². The minimum atomic E-state index is -4.51. The Balaban J connectivity index is 2.92. The first kappa shape index (κ1) is 19.3. The van der Waals surface area contributed by atoms with Gasteiger partial charge in [0.05, 0.1) is 5.56 Å².